The number of anilines is 1. The zero-order chi connectivity index (χ0) is 18.4. The van der Waals surface area contributed by atoms with Crippen LogP contribution in [-0.4, -0.2) is 28.7 Å². The topological polar surface area (TPSA) is 68.3 Å². The minimum absolute atomic E-state index is 0.127. The van der Waals surface area contributed by atoms with Gasteiger partial charge in [-0.2, -0.15) is 0 Å². The molecule has 0 bridgehead atoms. The molecule has 1 N–H and O–H groups in total. The number of thioether (sulfide) groups is 1. The highest BCUT2D eigenvalue weighted by molar-refractivity contribution is 8.02. The first-order valence-electron chi connectivity index (χ1n) is 7.72. The number of hydrogen-bond acceptors (Lipinski definition) is 6. The zero-order valence-corrected chi connectivity index (χ0v) is 16.6. The van der Waals surface area contributed by atoms with Crippen LogP contribution in [0.15, 0.2) is 27.9 Å². The largest absolute Gasteiger partial charge is 0.466 e. The van der Waals surface area contributed by atoms with Gasteiger partial charge in [-0.25, -0.2) is 4.98 Å². The second kappa shape index (κ2) is 9.22. The lowest BCUT2D eigenvalue weighted by Crippen LogP contribution is -2.22. The van der Waals surface area contributed by atoms with E-state index in [2.05, 4.69) is 10.3 Å². The van der Waals surface area contributed by atoms with E-state index in [1.165, 1.54) is 23.1 Å². The molecule has 1 amide bonds. The highest BCUT2D eigenvalue weighted by Gasteiger charge is 2.18. The van der Waals surface area contributed by atoms with Gasteiger partial charge in [-0.15, -0.1) is 11.3 Å². The lowest BCUT2D eigenvalue weighted by molar-refractivity contribution is -0.142. The summed E-state index contributed by atoms with van der Waals surface area (Å²) < 4.78 is 5.65. The Bertz CT molecular complexity index is 764. The second-order valence-electron chi connectivity index (χ2n) is 5.30. The van der Waals surface area contributed by atoms with Crippen molar-refractivity contribution in [1.29, 1.82) is 0 Å². The number of hydrogen-bond donors (Lipinski definition) is 1. The fourth-order valence-electron chi connectivity index (χ4n) is 1.95. The van der Waals surface area contributed by atoms with Crippen LogP contribution >= 0.6 is 34.7 Å². The van der Waals surface area contributed by atoms with Gasteiger partial charge in [-0.3, -0.25) is 9.59 Å². The minimum Gasteiger partial charge on any atom is -0.466 e. The third-order valence-corrected chi connectivity index (χ3v) is 5.62. The lowest BCUT2D eigenvalue weighted by atomic mass is 10.2. The van der Waals surface area contributed by atoms with Gasteiger partial charge in [0.25, 0.3) is 0 Å². The number of aromatic nitrogens is 1. The summed E-state index contributed by atoms with van der Waals surface area (Å²) in [5.41, 5.74) is 2.30. The van der Waals surface area contributed by atoms with Crippen molar-refractivity contribution in [1.82, 2.24) is 4.98 Å². The minimum atomic E-state index is -0.333. The van der Waals surface area contributed by atoms with Gasteiger partial charge in [0, 0.05) is 16.1 Å². The Morgan fingerprint density at radius 2 is 2.20 bits per heavy atom. The van der Waals surface area contributed by atoms with E-state index in [9.17, 15) is 9.59 Å². The summed E-state index contributed by atoms with van der Waals surface area (Å²) in [5, 5.41) is 4.94. The molecule has 2 rings (SSSR count). The van der Waals surface area contributed by atoms with Gasteiger partial charge < -0.3 is 10.1 Å². The van der Waals surface area contributed by atoms with Crippen molar-refractivity contribution < 1.29 is 14.3 Å². The lowest BCUT2D eigenvalue weighted by Gasteiger charge is -2.12. The Balaban J connectivity index is 1.94. The first kappa shape index (κ1) is 19.8. The molecular weight excluding hydrogens is 380 g/mol. The average molecular weight is 399 g/mol. The molecule has 0 radical (unpaired) electrons. The molecule has 0 spiro atoms. The van der Waals surface area contributed by atoms with Crippen molar-refractivity contribution in [2.75, 3.05) is 11.9 Å². The molecule has 1 heterocycles. The Morgan fingerprint density at radius 3 is 2.92 bits per heavy atom. The first-order chi connectivity index (χ1) is 11.9. The maximum atomic E-state index is 12.4. The number of thiazole rings is 1. The van der Waals surface area contributed by atoms with E-state index in [4.69, 9.17) is 16.3 Å². The van der Waals surface area contributed by atoms with E-state index in [0.717, 1.165) is 9.90 Å². The predicted octanol–water partition coefficient (Wildman–Crippen LogP) is 4.33. The van der Waals surface area contributed by atoms with Crippen LogP contribution in [-0.2, 0) is 20.7 Å². The maximum absolute atomic E-state index is 12.4. The molecule has 25 heavy (non-hydrogen) atoms. The molecule has 1 aromatic heterocycles. The van der Waals surface area contributed by atoms with Crippen molar-refractivity contribution in [2.45, 2.75) is 36.8 Å². The van der Waals surface area contributed by atoms with Crippen LogP contribution in [0, 0.1) is 6.92 Å². The van der Waals surface area contributed by atoms with Crippen molar-refractivity contribution in [2.24, 2.45) is 0 Å². The number of benzene rings is 1. The monoisotopic (exact) mass is 398 g/mol. The molecule has 0 saturated carbocycles. The molecule has 1 aromatic carbocycles. The van der Waals surface area contributed by atoms with E-state index < -0.39 is 0 Å². The third kappa shape index (κ3) is 6.02. The van der Waals surface area contributed by atoms with Gasteiger partial charge in [-0.05, 0) is 38.5 Å². The third-order valence-electron chi connectivity index (χ3n) is 3.27. The van der Waals surface area contributed by atoms with E-state index in [1.54, 1.807) is 19.1 Å². The number of carbonyl (C=O) groups is 2. The van der Waals surface area contributed by atoms with E-state index in [1.807, 2.05) is 25.3 Å². The molecule has 8 heteroatoms. The highest BCUT2D eigenvalue weighted by Crippen LogP contribution is 2.28. The first-order valence-corrected chi connectivity index (χ1v) is 9.86. The summed E-state index contributed by atoms with van der Waals surface area (Å²) in [4.78, 5) is 28.2. The summed E-state index contributed by atoms with van der Waals surface area (Å²) in [6.07, 6.45) is 0.146. The molecule has 134 valence electrons. The molecule has 1 atom stereocenters. The molecule has 0 aliphatic heterocycles. The van der Waals surface area contributed by atoms with Gasteiger partial charge in [0.15, 0.2) is 4.34 Å². The number of nitrogens with one attached hydrogen (secondary N) is 1. The smallest absolute Gasteiger partial charge is 0.311 e. The van der Waals surface area contributed by atoms with Crippen LogP contribution in [0.25, 0.3) is 0 Å². The second-order valence-corrected chi connectivity index (χ2v) is 8.18. The molecule has 5 nitrogen and oxygen atoms in total. The number of rotatable bonds is 7. The van der Waals surface area contributed by atoms with Gasteiger partial charge in [-0.1, -0.05) is 29.4 Å². The summed E-state index contributed by atoms with van der Waals surface area (Å²) in [6.45, 7) is 5.84. The maximum Gasteiger partial charge on any atom is 0.311 e. The molecule has 0 saturated heterocycles. The van der Waals surface area contributed by atoms with Crippen LogP contribution in [0.1, 0.15) is 25.1 Å². The number of nitrogens with zero attached hydrogens (tertiary/aromatic N) is 1. The molecule has 2 aromatic rings. The number of halogens is 1. The van der Waals surface area contributed by atoms with Crippen LogP contribution in [0.2, 0.25) is 5.02 Å². The highest BCUT2D eigenvalue weighted by atomic mass is 35.5. The molecule has 0 fully saturated rings. The van der Waals surface area contributed by atoms with Gasteiger partial charge in [0.2, 0.25) is 5.91 Å². The summed E-state index contributed by atoms with van der Waals surface area (Å²) >= 11 is 8.74. The fraction of sp³-hybridized carbons (Fsp3) is 0.353. The number of ether oxygens (including phenoxy) is 1. The van der Waals surface area contributed by atoms with E-state index in [-0.39, 0.29) is 23.5 Å². The normalized spacial score (nSPS) is 11.8. The average Bonchev–Trinajstić information content (AvgIpc) is 2.97. The SMILES string of the molecule is CCOC(=O)Cc1csc(S[C@H](C)C(=O)Nc2cc(Cl)ccc2C)n1. The summed E-state index contributed by atoms with van der Waals surface area (Å²) in [7, 11) is 0. The number of aryl methyl sites for hydroxylation is 1. The quantitative estimate of drug-likeness (QED) is 0.555. The van der Waals surface area contributed by atoms with Crippen molar-refractivity contribution in [3.05, 3.63) is 39.9 Å². The predicted molar refractivity (Wildman–Crippen MR) is 103 cm³/mol. The van der Waals surface area contributed by atoms with Crippen molar-refractivity contribution in [3.63, 3.8) is 0 Å². The number of amides is 1. The standard InChI is InChI=1S/C17H19ClN2O3S2/c1-4-23-15(21)8-13-9-24-17(19-13)25-11(3)16(22)20-14-7-12(18)6-5-10(14)2/h5-7,9,11H,4,8H2,1-3H3,(H,20,22)/t11-/m1/s1. The number of carbonyl (C=O) groups excluding carboxylic acids is 2. The summed E-state index contributed by atoms with van der Waals surface area (Å²) in [6, 6.07) is 5.37. The Kier molecular flexibility index (Phi) is 7.28. The summed E-state index contributed by atoms with van der Waals surface area (Å²) in [5.74, 6) is -0.427. The van der Waals surface area contributed by atoms with Gasteiger partial charge in [0.1, 0.15) is 0 Å². The van der Waals surface area contributed by atoms with E-state index in [0.29, 0.717) is 23.0 Å². The number of esters is 1. The van der Waals surface area contributed by atoms with Crippen LogP contribution in [0.4, 0.5) is 5.69 Å². The molecular formula is C17H19ClN2O3S2. The Hall–Kier alpha value is -1.57. The van der Waals surface area contributed by atoms with Crippen LogP contribution < -0.4 is 5.32 Å². The van der Waals surface area contributed by atoms with Gasteiger partial charge >= 0.3 is 5.97 Å². The van der Waals surface area contributed by atoms with Crippen molar-refractivity contribution in [3.8, 4) is 0 Å². The van der Waals surface area contributed by atoms with E-state index >= 15 is 0 Å². The molecule has 0 aliphatic rings. The molecule has 0 unspecified atom stereocenters. The van der Waals surface area contributed by atoms with Gasteiger partial charge in [0.05, 0.1) is 24.0 Å². The Morgan fingerprint density at radius 1 is 1.44 bits per heavy atom. The van der Waals surface area contributed by atoms with Crippen molar-refractivity contribution >= 4 is 52.3 Å². The van der Waals surface area contributed by atoms with Crippen LogP contribution in [0.5, 0.6) is 0 Å². The fourth-order valence-corrected chi connectivity index (χ4v) is 4.10. The van der Waals surface area contributed by atoms with Crippen LogP contribution in [0.3, 0.4) is 0 Å². The Labute approximate surface area is 160 Å². The molecule has 0 aliphatic carbocycles. The zero-order valence-electron chi connectivity index (χ0n) is 14.2.